The summed E-state index contributed by atoms with van der Waals surface area (Å²) < 4.78 is 8.41. The predicted octanol–water partition coefficient (Wildman–Crippen LogP) is 5.09. The molecule has 2 amide bonds. The van der Waals surface area contributed by atoms with Crippen LogP contribution < -0.4 is 21.1 Å². The molecule has 11 nitrogen and oxygen atoms in total. The van der Waals surface area contributed by atoms with Gasteiger partial charge in [-0.15, -0.1) is 0 Å². The highest BCUT2D eigenvalue weighted by molar-refractivity contribution is 6.37. The van der Waals surface area contributed by atoms with Crippen molar-refractivity contribution in [2.75, 3.05) is 23.3 Å². The Kier molecular flexibility index (Phi) is 7.91. The molecule has 5 rings (SSSR count). The lowest BCUT2D eigenvalue weighted by atomic mass is 10.2. The molecule has 13 heteroatoms. The van der Waals surface area contributed by atoms with Gasteiger partial charge in [0.25, 0.3) is 11.5 Å². The van der Waals surface area contributed by atoms with E-state index in [0.717, 1.165) is 16.0 Å². The molecular weight excluding hydrogens is 581 g/mol. The molecule has 4 aromatic rings. The lowest BCUT2D eigenvalue weighted by molar-refractivity contribution is 0.0509. The van der Waals surface area contributed by atoms with Crippen molar-refractivity contribution in [3.05, 3.63) is 74.4 Å². The number of nitrogens with zero attached hydrogens (tertiary/aromatic N) is 5. The Bertz CT molecular complexity index is 1740. The molecule has 1 fully saturated rings. The van der Waals surface area contributed by atoms with Gasteiger partial charge in [0.05, 0.1) is 33.0 Å². The highest BCUT2D eigenvalue weighted by Gasteiger charge is 2.30. The number of ether oxygens (including phenoxy) is 1. The van der Waals surface area contributed by atoms with E-state index >= 15 is 0 Å². The molecule has 3 heterocycles. The van der Waals surface area contributed by atoms with Gasteiger partial charge in [-0.25, -0.2) is 9.78 Å². The lowest BCUT2D eigenvalue weighted by Gasteiger charge is -2.24. The molecule has 1 aliphatic rings. The van der Waals surface area contributed by atoms with E-state index < -0.39 is 23.2 Å². The van der Waals surface area contributed by atoms with Crippen LogP contribution in [0.1, 0.15) is 43.4 Å². The Morgan fingerprint density at radius 2 is 1.79 bits per heavy atom. The van der Waals surface area contributed by atoms with Crippen molar-refractivity contribution < 1.29 is 14.3 Å². The Hall–Kier alpha value is -4.09. The van der Waals surface area contributed by atoms with Crippen molar-refractivity contribution in [1.29, 1.82) is 0 Å². The lowest BCUT2D eigenvalue weighted by Crippen LogP contribution is -2.40. The molecule has 2 N–H and O–H groups in total. The number of aryl methyl sites for hydroxylation is 2. The minimum absolute atomic E-state index is 0.143. The summed E-state index contributed by atoms with van der Waals surface area (Å²) in [6.07, 6.45) is 1.53. The molecule has 0 spiro atoms. The van der Waals surface area contributed by atoms with Gasteiger partial charge in [0.15, 0.2) is 0 Å². The molecule has 1 saturated heterocycles. The minimum atomic E-state index is -0.677. The van der Waals surface area contributed by atoms with Gasteiger partial charge in [-0.1, -0.05) is 29.3 Å². The molecular formula is C29H31Cl2N7O4. The molecule has 0 radical (unpaired) electrons. The summed E-state index contributed by atoms with van der Waals surface area (Å²) in [5.74, 6) is 0.168. The average Bonchev–Trinajstić information content (AvgIpc) is 3.47. The number of aromatic nitrogens is 4. The van der Waals surface area contributed by atoms with E-state index in [1.165, 1.54) is 12.3 Å². The Labute approximate surface area is 252 Å². The second kappa shape index (κ2) is 11.3. The Morgan fingerprint density at radius 1 is 1.07 bits per heavy atom. The van der Waals surface area contributed by atoms with Gasteiger partial charge in [0.1, 0.15) is 28.2 Å². The van der Waals surface area contributed by atoms with Crippen LogP contribution in [-0.4, -0.2) is 56.1 Å². The number of anilines is 2. The third kappa shape index (κ3) is 5.79. The van der Waals surface area contributed by atoms with Gasteiger partial charge < -0.3 is 24.8 Å². The van der Waals surface area contributed by atoms with Crippen LogP contribution in [-0.2, 0) is 11.8 Å². The molecule has 0 saturated carbocycles. The number of carbonyl (C=O) groups excluding carboxylic acids is 2. The maximum absolute atomic E-state index is 13.6. The van der Waals surface area contributed by atoms with Crippen molar-refractivity contribution in [3.8, 4) is 5.69 Å². The van der Waals surface area contributed by atoms with E-state index in [-0.39, 0.29) is 27.3 Å². The highest BCUT2D eigenvalue weighted by Crippen LogP contribution is 2.37. The van der Waals surface area contributed by atoms with Crippen molar-refractivity contribution in [3.63, 3.8) is 0 Å². The number of alkyl carbamates (subject to hydrolysis) is 1. The van der Waals surface area contributed by atoms with Crippen molar-refractivity contribution in [2.45, 2.75) is 45.8 Å². The number of nitrogens with one attached hydrogen (secondary N) is 2. The number of rotatable bonds is 5. The molecule has 1 aliphatic heterocycles. The molecule has 1 atom stereocenters. The molecule has 2 aromatic heterocycles. The third-order valence-corrected chi connectivity index (χ3v) is 7.57. The summed E-state index contributed by atoms with van der Waals surface area (Å²) in [5, 5.41) is 10.4. The number of para-hydroxylation sites is 1. The predicted molar refractivity (Wildman–Crippen MR) is 163 cm³/mol. The molecule has 0 aliphatic carbocycles. The first-order valence-electron chi connectivity index (χ1n) is 13.4. The van der Waals surface area contributed by atoms with E-state index in [4.69, 9.17) is 32.9 Å². The number of carbonyl (C=O) groups is 2. The zero-order valence-corrected chi connectivity index (χ0v) is 25.4. The fraction of sp³-hybridized carbons (Fsp3) is 0.345. The summed E-state index contributed by atoms with van der Waals surface area (Å²) in [5.41, 5.74) is 1.50. The second-order valence-corrected chi connectivity index (χ2v) is 11.9. The zero-order chi connectivity index (χ0) is 30.3. The maximum atomic E-state index is 13.6. The SMILES string of the molecule is Cc1nc2c(N3CC[C@H](NC(=O)OC(C)(C)C)C3)c(NC(=O)c3ccnn(-c4c(Cl)cccc4Cl)c3=O)ccc2n1C. The Morgan fingerprint density at radius 3 is 2.48 bits per heavy atom. The summed E-state index contributed by atoms with van der Waals surface area (Å²) in [6, 6.07) is 9.65. The van der Waals surface area contributed by atoms with Crippen molar-refractivity contribution in [1.82, 2.24) is 24.6 Å². The number of halogens is 2. The molecule has 0 unspecified atom stereocenters. The second-order valence-electron chi connectivity index (χ2n) is 11.1. The van der Waals surface area contributed by atoms with Gasteiger partial charge in [0.2, 0.25) is 0 Å². The smallest absolute Gasteiger partial charge is 0.407 e. The zero-order valence-electron chi connectivity index (χ0n) is 23.9. The van der Waals surface area contributed by atoms with Gasteiger partial charge >= 0.3 is 6.09 Å². The van der Waals surface area contributed by atoms with Gasteiger partial charge in [-0.05, 0) is 64.4 Å². The largest absolute Gasteiger partial charge is 0.444 e. The van der Waals surface area contributed by atoms with E-state index in [1.807, 2.05) is 45.4 Å². The van der Waals surface area contributed by atoms with Crippen LogP contribution in [0.15, 0.2) is 47.4 Å². The van der Waals surface area contributed by atoms with Gasteiger partial charge in [-0.3, -0.25) is 9.59 Å². The topological polar surface area (TPSA) is 123 Å². The highest BCUT2D eigenvalue weighted by atomic mass is 35.5. The van der Waals surface area contributed by atoms with Crippen LogP contribution >= 0.6 is 23.2 Å². The fourth-order valence-electron chi connectivity index (χ4n) is 4.96. The summed E-state index contributed by atoms with van der Waals surface area (Å²) in [4.78, 5) is 46.2. The van der Waals surface area contributed by atoms with E-state index in [2.05, 4.69) is 20.6 Å². The van der Waals surface area contributed by atoms with Crippen LogP contribution in [0.4, 0.5) is 16.2 Å². The number of imidazole rings is 1. The maximum Gasteiger partial charge on any atom is 0.407 e. The minimum Gasteiger partial charge on any atom is -0.444 e. The van der Waals surface area contributed by atoms with Crippen LogP contribution in [0.5, 0.6) is 0 Å². The monoisotopic (exact) mass is 611 g/mol. The first-order valence-corrected chi connectivity index (χ1v) is 14.1. The molecule has 0 bridgehead atoms. The fourth-order valence-corrected chi connectivity index (χ4v) is 5.52. The van der Waals surface area contributed by atoms with E-state index in [1.54, 1.807) is 24.3 Å². The molecule has 42 heavy (non-hydrogen) atoms. The molecule has 220 valence electrons. The summed E-state index contributed by atoms with van der Waals surface area (Å²) in [6.45, 7) is 8.42. The summed E-state index contributed by atoms with van der Waals surface area (Å²) >= 11 is 12.6. The van der Waals surface area contributed by atoms with Crippen LogP contribution in [0.25, 0.3) is 16.7 Å². The normalized spacial score (nSPS) is 15.2. The van der Waals surface area contributed by atoms with Gasteiger partial charge in [0, 0.05) is 26.3 Å². The standard InChI is InChI=1S/C29H31Cl2N7O4/c1-16-33-23-22(36(16)5)10-9-21(25(23)37-14-12-17(15-37)34-28(41)42-29(2,3)4)35-26(39)18-11-13-32-38(27(18)40)24-19(30)7-6-8-20(24)31/h6-11,13,17H,12,14-15H2,1-5H3,(H,34,41)(H,35,39)/t17-/m0/s1. The number of amides is 2. The van der Waals surface area contributed by atoms with Crippen LogP contribution in [0, 0.1) is 6.92 Å². The Balaban J connectivity index is 1.48. The van der Waals surface area contributed by atoms with Crippen molar-refractivity contribution >= 4 is 57.6 Å². The summed E-state index contributed by atoms with van der Waals surface area (Å²) in [7, 11) is 1.92. The van der Waals surface area contributed by atoms with Crippen LogP contribution in [0.3, 0.4) is 0 Å². The first-order chi connectivity index (χ1) is 19.8. The molecule has 2 aromatic carbocycles. The third-order valence-electron chi connectivity index (χ3n) is 6.96. The number of hydrogen-bond donors (Lipinski definition) is 2. The average molecular weight is 613 g/mol. The van der Waals surface area contributed by atoms with Crippen LogP contribution in [0.2, 0.25) is 10.0 Å². The van der Waals surface area contributed by atoms with Crippen molar-refractivity contribution in [2.24, 2.45) is 7.05 Å². The number of fused-ring (bicyclic) bond motifs is 1. The van der Waals surface area contributed by atoms with E-state index in [9.17, 15) is 14.4 Å². The van der Waals surface area contributed by atoms with E-state index in [0.29, 0.717) is 36.4 Å². The number of hydrogen-bond acceptors (Lipinski definition) is 7. The van der Waals surface area contributed by atoms with Gasteiger partial charge in [-0.2, -0.15) is 9.78 Å². The number of benzene rings is 2. The first kappa shape index (κ1) is 29.4. The quantitative estimate of drug-likeness (QED) is 0.322.